The van der Waals surface area contributed by atoms with Gasteiger partial charge in [0, 0.05) is 18.1 Å². The van der Waals surface area contributed by atoms with Crippen molar-refractivity contribution >= 4 is 0 Å². The molecule has 0 radical (unpaired) electrons. The monoisotopic (exact) mass is 274 g/mol. The van der Waals surface area contributed by atoms with Crippen LogP contribution >= 0.6 is 0 Å². The summed E-state index contributed by atoms with van der Waals surface area (Å²) in [7, 11) is 3.98. The van der Waals surface area contributed by atoms with Crippen LogP contribution < -0.4 is 10.1 Å². The van der Waals surface area contributed by atoms with E-state index in [1.807, 2.05) is 0 Å². The van der Waals surface area contributed by atoms with Crippen molar-refractivity contribution in [1.29, 1.82) is 0 Å². The minimum Gasteiger partial charge on any atom is -0.497 e. The van der Waals surface area contributed by atoms with Crippen molar-refractivity contribution in [1.82, 2.24) is 10.2 Å². The Hall–Kier alpha value is -1.06. The topological polar surface area (TPSA) is 24.5 Å². The highest BCUT2D eigenvalue weighted by atomic mass is 16.5. The lowest BCUT2D eigenvalue weighted by molar-refractivity contribution is 0.162. The molecule has 0 spiro atoms. The quantitative estimate of drug-likeness (QED) is 0.917. The number of rotatable bonds is 3. The third-order valence-corrected chi connectivity index (χ3v) is 5.08. The van der Waals surface area contributed by atoms with Crippen molar-refractivity contribution in [3.05, 3.63) is 29.3 Å². The number of hydrogen-bond acceptors (Lipinski definition) is 3. The summed E-state index contributed by atoms with van der Waals surface area (Å²) in [5.41, 5.74) is 2.94. The predicted molar refractivity (Wildman–Crippen MR) is 82.3 cm³/mol. The number of fused-ring (bicyclic) bond motifs is 1. The molecule has 1 aromatic carbocycles. The minimum absolute atomic E-state index is 0.515. The van der Waals surface area contributed by atoms with E-state index in [1.54, 1.807) is 7.11 Å². The SMILES string of the molecule is COc1ccc2c(c1)C(NC1CCN(C)C(C)C1)CC2. The average Bonchev–Trinajstić information content (AvgIpc) is 2.85. The van der Waals surface area contributed by atoms with Crippen molar-refractivity contribution in [2.75, 3.05) is 20.7 Å². The van der Waals surface area contributed by atoms with Gasteiger partial charge in [-0.05, 0) is 69.5 Å². The Balaban J connectivity index is 1.69. The van der Waals surface area contributed by atoms with Gasteiger partial charge in [-0.25, -0.2) is 0 Å². The van der Waals surface area contributed by atoms with Gasteiger partial charge in [-0.1, -0.05) is 6.07 Å². The van der Waals surface area contributed by atoms with Gasteiger partial charge in [0.1, 0.15) is 5.75 Å². The molecular weight excluding hydrogens is 248 g/mol. The second-order valence-electron chi connectivity index (χ2n) is 6.37. The largest absolute Gasteiger partial charge is 0.497 e. The highest BCUT2D eigenvalue weighted by molar-refractivity contribution is 5.40. The lowest BCUT2D eigenvalue weighted by atomic mass is 9.97. The molecule has 1 heterocycles. The Kier molecular flexibility index (Phi) is 3.99. The summed E-state index contributed by atoms with van der Waals surface area (Å²) in [6.07, 6.45) is 4.94. The Bertz CT molecular complexity index is 474. The molecule has 0 aromatic heterocycles. The molecule has 0 saturated carbocycles. The number of ether oxygens (including phenoxy) is 1. The van der Waals surface area contributed by atoms with Crippen LogP contribution in [0.1, 0.15) is 43.4 Å². The lowest BCUT2D eigenvalue weighted by Crippen LogP contribution is -2.46. The maximum Gasteiger partial charge on any atom is 0.119 e. The van der Waals surface area contributed by atoms with Crippen molar-refractivity contribution in [2.24, 2.45) is 0 Å². The molecule has 110 valence electrons. The molecule has 3 nitrogen and oxygen atoms in total. The van der Waals surface area contributed by atoms with Crippen molar-refractivity contribution < 1.29 is 4.74 Å². The van der Waals surface area contributed by atoms with E-state index in [0.29, 0.717) is 18.1 Å². The van der Waals surface area contributed by atoms with Crippen molar-refractivity contribution in [2.45, 2.75) is 50.7 Å². The van der Waals surface area contributed by atoms with Crippen LogP contribution in [0.15, 0.2) is 18.2 Å². The van der Waals surface area contributed by atoms with Gasteiger partial charge in [0.25, 0.3) is 0 Å². The van der Waals surface area contributed by atoms with Gasteiger partial charge < -0.3 is 15.0 Å². The molecule has 3 heteroatoms. The van der Waals surface area contributed by atoms with E-state index in [2.05, 4.69) is 42.4 Å². The maximum atomic E-state index is 5.37. The van der Waals surface area contributed by atoms with Crippen LogP contribution in [0.25, 0.3) is 0 Å². The highest BCUT2D eigenvalue weighted by Gasteiger charge is 2.28. The molecule has 1 aliphatic carbocycles. The van der Waals surface area contributed by atoms with Gasteiger partial charge in [0.05, 0.1) is 7.11 Å². The first-order valence-electron chi connectivity index (χ1n) is 7.80. The van der Waals surface area contributed by atoms with Crippen LogP contribution in [0.5, 0.6) is 5.75 Å². The van der Waals surface area contributed by atoms with Crippen LogP contribution in [0.4, 0.5) is 0 Å². The summed E-state index contributed by atoms with van der Waals surface area (Å²) in [6, 6.07) is 8.39. The van der Waals surface area contributed by atoms with Gasteiger partial charge in [-0.3, -0.25) is 0 Å². The van der Waals surface area contributed by atoms with Crippen molar-refractivity contribution in [3.8, 4) is 5.75 Å². The predicted octanol–water partition coefficient (Wildman–Crippen LogP) is 2.75. The van der Waals surface area contributed by atoms with Crippen LogP contribution in [0.2, 0.25) is 0 Å². The Morgan fingerprint density at radius 2 is 2.15 bits per heavy atom. The second kappa shape index (κ2) is 5.74. The zero-order chi connectivity index (χ0) is 14.1. The van der Waals surface area contributed by atoms with Gasteiger partial charge in [-0.2, -0.15) is 0 Å². The van der Waals surface area contributed by atoms with E-state index in [1.165, 1.54) is 43.4 Å². The first-order valence-corrected chi connectivity index (χ1v) is 7.80. The molecule has 20 heavy (non-hydrogen) atoms. The normalized spacial score (nSPS) is 30.2. The first-order chi connectivity index (χ1) is 9.67. The zero-order valence-electron chi connectivity index (χ0n) is 12.9. The standard InChI is InChI=1S/C17H26N2O/c1-12-10-14(8-9-19(12)2)18-17-7-5-13-4-6-15(20-3)11-16(13)17/h4,6,11-12,14,17-18H,5,7-10H2,1-3H3. The molecule has 3 unspecified atom stereocenters. The highest BCUT2D eigenvalue weighted by Crippen LogP contribution is 2.34. The molecule has 0 bridgehead atoms. The molecular formula is C17H26N2O. The maximum absolute atomic E-state index is 5.37. The molecule has 3 atom stereocenters. The zero-order valence-corrected chi connectivity index (χ0v) is 12.9. The van der Waals surface area contributed by atoms with Crippen molar-refractivity contribution in [3.63, 3.8) is 0 Å². The molecule has 0 amide bonds. The number of methoxy groups -OCH3 is 1. The van der Waals surface area contributed by atoms with E-state index in [9.17, 15) is 0 Å². The summed E-state index contributed by atoms with van der Waals surface area (Å²) in [4.78, 5) is 2.46. The molecule has 1 aliphatic heterocycles. The summed E-state index contributed by atoms with van der Waals surface area (Å²) in [5.74, 6) is 0.981. The summed E-state index contributed by atoms with van der Waals surface area (Å²) >= 11 is 0. The van der Waals surface area contributed by atoms with Gasteiger partial charge in [0.2, 0.25) is 0 Å². The summed E-state index contributed by atoms with van der Waals surface area (Å²) < 4.78 is 5.37. The lowest BCUT2D eigenvalue weighted by Gasteiger charge is -2.36. The number of benzene rings is 1. The van der Waals surface area contributed by atoms with Gasteiger partial charge >= 0.3 is 0 Å². The molecule has 1 saturated heterocycles. The fourth-order valence-electron chi connectivity index (χ4n) is 3.61. The number of likely N-dealkylation sites (tertiary alicyclic amines) is 1. The van der Waals surface area contributed by atoms with E-state index in [4.69, 9.17) is 4.74 Å². The van der Waals surface area contributed by atoms with E-state index in [0.717, 1.165) is 5.75 Å². The van der Waals surface area contributed by atoms with E-state index < -0.39 is 0 Å². The summed E-state index contributed by atoms with van der Waals surface area (Å²) in [6.45, 7) is 3.54. The smallest absolute Gasteiger partial charge is 0.119 e. The fraction of sp³-hybridized carbons (Fsp3) is 0.647. The number of nitrogens with zero attached hydrogens (tertiary/aromatic N) is 1. The van der Waals surface area contributed by atoms with Crippen LogP contribution in [0.3, 0.4) is 0 Å². The second-order valence-corrected chi connectivity index (χ2v) is 6.37. The molecule has 3 rings (SSSR count). The number of hydrogen-bond donors (Lipinski definition) is 1. The van der Waals surface area contributed by atoms with E-state index >= 15 is 0 Å². The van der Waals surface area contributed by atoms with Crippen LogP contribution in [0, 0.1) is 0 Å². The van der Waals surface area contributed by atoms with Gasteiger partial charge in [0.15, 0.2) is 0 Å². The number of aryl methyl sites for hydroxylation is 1. The Labute approximate surface area is 122 Å². The molecule has 1 N–H and O–H groups in total. The first kappa shape index (κ1) is 13.9. The summed E-state index contributed by atoms with van der Waals surface area (Å²) in [5, 5.41) is 3.89. The van der Waals surface area contributed by atoms with Gasteiger partial charge in [-0.15, -0.1) is 0 Å². The average molecular weight is 274 g/mol. The van der Waals surface area contributed by atoms with Crippen LogP contribution in [-0.2, 0) is 6.42 Å². The minimum atomic E-state index is 0.515. The number of piperidine rings is 1. The molecule has 1 fully saturated rings. The Morgan fingerprint density at radius 3 is 2.90 bits per heavy atom. The van der Waals surface area contributed by atoms with E-state index in [-0.39, 0.29) is 0 Å². The fourth-order valence-corrected chi connectivity index (χ4v) is 3.61. The van der Waals surface area contributed by atoms with Crippen LogP contribution in [-0.4, -0.2) is 37.7 Å². The molecule has 2 aliphatic rings. The Morgan fingerprint density at radius 1 is 1.30 bits per heavy atom. The third kappa shape index (κ3) is 2.70. The number of nitrogens with one attached hydrogen (secondary N) is 1. The third-order valence-electron chi connectivity index (χ3n) is 5.08. The molecule has 1 aromatic rings.